The van der Waals surface area contributed by atoms with E-state index in [2.05, 4.69) is 10.3 Å². The van der Waals surface area contributed by atoms with Gasteiger partial charge in [0.1, 0.15) is 5.54 Å². The number of aliphatic carboxylic acids is 1. The first-order chi connectivity index (χ1) is 8.54. The molecule has 2 N–H and O–H groups in total. The number of carbonyl (C=O) groups is 3. The van der Waals surface area contributed by atoms with Gasteiger partial charge in [0.2, 0.25) is 5.91 Å². The molecule has 1 aromatic heterocycles. The van der Waals surface area contributed by atoms with Crippen LogP contribution in [0.1, 0.15) is 24.8 Å². The zero-order valence-corrected chi connectivity index (χ0v) is 9.55. The lowest BCUT2D eigenvalue weighted by molar-refractivity contribution is -0.137. The maximum Gasteiger partial charge on any atom is 0.303 e. The van der Waals surface area contributed by atoms with E-state index in [1.807, 2.05) is 0 Å². The van der Waals surface area contributed by atoms with Gasteiger partial charge < -0.3 is 10.4 Å². The maximum absolute atomic E-state index is 12.0. The van der Waals surface area contributed by atoms with Crippen molar-refractivity contribution < 1.29 is 19.5 Å². The van der Waals surface area contributed by atoms with Gasteiger partial charge in [-0.1, -0.05) is 6.07 Å². The van der Waals surface area contributed by atoms with Gasteiger partial charge in [0, 0.05) is 24.4 Å². The summed E-state index contributed by atoms with van der Waals surface area (Å²) >= 11 is 0. The predicted octanol–water partition coefficient (Wildman–Crippen LogP) is 0.231. The van der Waals surface area contributed by atoms with Crippen LogP contribution in [0.15, 0.2) is 24.5 Å². The number of hydrogen-bond donors (Lipinski definition) is 2. The fraction of sp³-hybridized carbons (Fsp3) is 0.333. The van der Waals surface area contributed by atoms with E-state index in [0.717, 1.165) is 0 Å². The number of rotatable bonds is 4. The SMILES string of the molecule is O=C(O)CCC1(c2cccnc2)NC(=O)CC1=O. The highest BCUT2D eigenvalue weighted by molar-refractivity contribution is 6.10. The zero-order valence-electron chi connectivity index (χ0n) is 9.55. The van der Waals surface area contributed by atoms with Crippen molar-refractivity contribution in [2.24, 2.45) is 0 Å². The van der Waals surface area contributed by atoms with Crippen molar-refractivity contribution in [2.75, 3.05) is 0 Å². The number of nitrogens with one attached hydrogen (secondary N) is 1. The molecular formula is C12H12N2O4. The van der Waals surface area contributed by atoms with Crippen molar-refractivity contribution in [3.05, 3.63) is 30.1 Å². The number of amides is 1. The Morgan fingerprint density at radius 1 is 1.50 bits per heavy atom. The standard InChI is InChI=1S/C12H12N2O4/c15-9-6-10(16)14-12(9,4-3-11(17)18)8-2-1-5-13-7-8/h1-2,5,7H,3-4,6H2,(H,14,16)(H,17,18). The minimum Gasteiger partial charge on any atom is -0.481 e. The number of carboxylic acids is 1. The van der Waals surface area contributed by atoms with Gasteiger partial charge in [-0.2, -0.15) is 0 Å². The molecule has 1 fully saturated rings. The second-order valence-electron chi connectivity index (χ2n) is 4.19. The normalized spacial score (nSPS) is 22.9. The summed E-state index contributed by atoms with van der Waals surface area (Å²) in [5, 5.41) is 11.3. The molecule has 18 heavy (non-hydrogen) atoms. The van der Waals surface area contributed by atoms with Gasteiger partial charge in [0.15, 0.2) is 5.78 Å². The van der Waals surface area contributed by atoms with Gasteiger partial charge in [-0.25, -0.2) is 0 Å². The number of aromatic nitrogens is 1. The molecule has 6 heteroatoms. The number of ketones is 1. The van der Waals surface area contributed by atoms with Gasteiger partial charge in [-0.15, -0.1) is 0 Å². The Kier molecular flexibility index (Phi) is 3.10. The Bertz CT molecular complexity index is 500. The van der Waals surface area contributed by atoms with Crippen LogP contribution >= 0.6 is 0 Å². The fourth-order valence-electron chi connectivity index (χ4n) is 2.14. The lowest BCUT2D eigenvalue weighted by Gasteiger charge is -2.27. The number of nitrogens with zero attached hydrogens (tertiary/aromatic N) is 1. The van der Waals surface area contributed by atoms with Crippen LogP contribution < -0.4 is 5.32 Å². The van der Waals surface area contributed by atoms with E-state index in [1.54, 1.807) is 18.3 Å². The predicted molar refractivity (Wildman–Crippen MR) is 60.6 cm³/mol. The number of carboxylic acid groups (broad SMARTS) is 1. The molecule has 6 nitrogen and oxygen atoms in total. The lowest BCUT2D eigenvalue weighted by atomic mass is 9.84. The van der Waals surface area contributed by atoms with Crippen LogP contribution in [-0.2, 0) is 19.9 Å². The Labute approximate surface area is 103 Å². The second-order valence-corrected chi connectivity index (χ2v) is 4.19. The number of Topliss-reactive ketones (excluding diaryl/α,β-unsaturated/α-hetero) is 1. The third kappa shape index (κ3) is 2.09. The summed E-state index contributed by atoms with van der Waals surface area (Å²) in [6.07, 6.45) is 2.66. The van der Waals surface area contributed by atoms with Crippen molar-refractivity contribution in [1.82, 2.24) is 10.3 Å². The summed E-state index contributed by atoms with van der Waals surface area (Å²) in [5.74, 6) is -1.69. The number of carbonyl (C=O) groups excluding carboxylic acids is 2. The Morgan fingerprint density at radius 3 is 2.78 bits per heavy atom. The summed E-state index contributed by atoms with van der Waals surface area (Å²) in [7, 11) is 0. The van der Waals surface area contributed by atoms with E-state index in [1.165, 1.54) is 6.20 Å². The molecule has 94 valence electrons. The summed E-state index contributed by atoms with van der Waals surface area (Å²) < 4.78 is 0. The molecule has 2 heterocycles. The fourth-order valence-corrected chi connectivity index (χ4v) is 2.14. The van der Waals surface area contributed by atoms with Crippen LogP contribution in [0.3, 0.4) is 0 Å². The van der Waals surface area contributed by atoms with E-state index >= 15 is 0 Å². The Morgan fingerprint density at radius 2 is 2.28 bits per heavy atom. The van der Waals surface area contributed by atoms with Gasteiger partial charge in [-0.3, -0.25) is 19.4 Å². The van der Waals surface area contributed by atoms with Crippen LogP contribution in [0.5, 0.6) is 0 Å². The number of hydrogen-bond acceptors (Lipinski definition) is 4. The van der Waals surface area contributed by atoms with Crippen molar-refractivity contribution >= 4 is 17.7 Å². The van der Waals surface area contributed by atoms with Gasteiger partial charge in [0.25, 0.3) is 0 Å². The van der Waals surface area contributed by atoms with Crippen molar-refractivity contribution in [2.45, 2.75) is 24.8 Å². The summed E-state index contributed by atoms with van der Waals surface area (Å²) in [6, 6.07) is 3.31. The summed E-state index contributed by atoms with van der Waals surface area (Å²) in [5.41, 5.74) is -0.703. The summed E-state index contributed by atoms with van der Waals surface area (Å²) in [4.78, 5) is 38.0. The van der Waals surface area contributed by atoms with E-state index in [9.17, 15) is 14.4 Å². The van der Waals surface area contributed by atoms with Crippen LogP contribution in [0.4, 0.5) is 0 Å². The van der Waals surface area contributed by atoms with E-state index in [0.29, 0.717) is 5.56 Å². The van der Waals surface area contributed by atoms with E-state index in [4.69, 9.17) is 5.11 Å². The molecule has 0 bridgehead atoms. The molecule has 1 aromatic rings. The largest absolute Gasteiger partial charge is 0.481 e. The molecule has 1 unspecified atom stereocenters. The van der Waals surface area contributed by atoms with Gasteiger partial charge in [-0.05, 0) is 12.5 Å². The average Bonchev–Trinajstić information content (AvgIpc) is 2.64. The molecule has 2 rings (SSSR count). The third-order valence-corrected chi connectivity index (χ3v) is 3.02. The van der Waals surface area contributed by atoms with Crippen LogP contribution in [0.2, 0.25) is 0 Å². The zero-order chi connectivity index (χ0) is 13.2. The highest BCUT2D eigenvalue weighted by Gasteiger charge is 2.47. The van der Waals surface area contributed by atoms with Gasteiger partial charge in [0.05, 0.1) is 6.42 Å². The molecule has 1 amide bonds. The smallest absolute Gasteiger partial charge is 0.303 e. The number of pyridine rings is 1. The average molecular weight is 248 g/mol. The molecule has 0 saturated carbocycles. The Balaban J connectivity index is 2.37. The van der Waals surface area contributed by atoms with Crippen molar-refractivity contribution in [1.29, 1.82) is 0 Å². The first-order valence-corrected chi connectivity index (χ1v) is 5.51. The lowest BCUT2D eigenvalue weighted by Crippen LogP contribution is -2.44. The highest BCUT2D eigenvalue weighted by atomic mass is 16.4. The van der Waals surface area contributed by atoms with Crippen molar-refractivity contribution in [3.8, 4) is 0 Å². The van der Waals surface area contributed by atoms with Gasteiger partial charge >= 0.3 is 5.97 Å². The van der Waals surface area contributed by atoms with Crippen LogP contribution in [0.25, 0.3) is 0 Å². The Hall–Kier alpha value is -2.24. The third-order valence-electron chi connectivity index (χ3n) is 3.02. The molecule has 1 aliphatic rings. The quantitative estimate of drug-likeness (QED) is 0.743. The summed E-state index contributed by atoms with van der Waals surface area (Å²) in [6.45, 7) is 0. The minimum atomic E-state index is -1.23. The molecule has 1 aliphatic heterocycles. The maximum atomic E-state index is 12.0. The second kappa shape index (κ2) is 4.56. The van der Waals surface area contributed by atoms with Crippen molar-refractivity contribution in [3.63, 3.8) is 0 Å². The molecule has 0 aromatic carbocycles. The molecule has 0 aliphatic carbocycles. The van der Waals surface area contributed by atoms with Crippen LogP contribution in [0, 0.1) is 0 Å². The first-order valence-electron chi connectivity index (χ1n) is 5.51. The molecule has 0 spiro atoms. The molecular weight excluding hydrogens is 236 g/mol. The molecule has 1 saturated heterocycles. The van der Waals surface area contributed by atoms with Crippen LogP contribution in [-0.4, -0.2) is 27.8 Å². The highest BCUT2D eigenvalue weighted by Crippen LogP contribution is 2.32. The van der Waals surface area contributed by atoms with E-state index in [-0.39, 0.29) is 31.0 Å². The minimum absolute atomic E-state index is 0.0403. The molecule has 1 atom stereocenters. The molecule has 0 radical (unpaired) electrons. The first kappa shape index (κ1) is 12.2. The van der Waals surface area contributed by atoms with E-state index < -0.39 is 11.5 Å². The monoisotopic (exact) mass is 248 g/mol. The topological polar surface area (TPSA) is 96.4 Å².